The van der Waals surface area contributed by atoms with Gasteiger partial charge in [0.25, 0.3) is 0 Å². The number of hydrogen-bond acceptors (Lipinski definition) is 9. The number of methoxy groups -OCH3 is 1. The van der Waals surface area contributed by atoms with Crippen LogP contribution in [0.1, 0.15) is 79.7 Å². The number of carbonyl (C=O) groups excluding carboxylic acids is 1. The molecule has 1 aliphatic rings. The molecule has 0 amide bonds. The van der Waals surface area contributed by atoms with Crippen LogP contribution in [0.2, 0.25) is 25.7 Å². The topological polar surface area (TPSA) is 130 Å². The van der Waals surface area contributed by atoms with Gasteiger partial charge in [-0.2, -0.15) is 0 Å². The number of hydrogen-bond donors (Lipinski definition) is 2. The number of aromatic carboxylic acids is 1. The number of carboxylic acids is 1. The van der Waals surface area contributed by atoms with Gasteiger partial charge in [-0.1, -0.05) is 44.8 Å². The molecule has 1 aliphatic heterocycles. The molecule has 0 aliphatic carbocycles. The predicted octanol–water partition coefficient (Wildman–Crippen LogP) is 6.95. The van der Waals surface area contributed by atoms with E-state index >= 15 is 0 Å². The summed E-state index contributed by atoms with van der Waals surface area (Å²) in [6, 6.07) is 13.2. The van der Waals surface area contributed by atoms with Gasteiger partial charge in [-0.25, -0.2) is 9.59 Å². The maximum absolute atomic E-state index is 13.2. The highest BCUT2D eigenvalue weighted by molar-refractivity contribution is 6.76. The molecular formula is C36H54O10Si. The number of aliphatic hydroxyl groups is 1. The zero-order chi connectivity index (χ0) is 34.8. The lowest BCUT2D eigenvalue weighted by atomic mass is 9.92. The van der Waals surface area contributed by atoms with Crippen molar-refractivity contribution in [2.24, 2.45) is 5.92 Å². The number of rotatable bonds is 19. The largest absolute Gasteiger partial charge is 0.494 e. The average Bonchev–Trinajstić information content (AvgIpc) is 3.31. The van der Waals surface area contributed by atoms with Crippen LogP contribution in [0.3, 0.4) is 0 Å². The average molecular weight is 675 g/mol. The fraction of sp³-hybridized carbons (Fsp3) is 0.611. The lowest BCUT2D eigenvalue weighted by Crippen LogP contribution is -2.39. The molecule has 0 bridgehead atoms. The number of aliphatic hydroxyl groups excluding tert-OH is 1. The second kappa shape index (κ2) is 17.4. The van der Waals surface area contributed by atoms with Gasteiger partial charge in [-0.3, -0.25) is 0 Å². The Kier molecular flexibility index (Phi) is 14.3. The first kappa shape index (κ1) is 38.5. The van der Waals surface area contributed by atoms with Gasteiger partial charge >= 0.3 is 11.9 Å². The van der Waals surface area contributed by atoms with Crippen molar-refractivity contribution >= 4 is 20.0 Å². The second-order valence-corrected chi connectivity index (χ2v) is 19.7. The lowest BCUT2D eigenvalue weighted by Gasteiger charge is -2.28. The van der Waals surface area contributed by atoms with E-state index in [2.05, 4.69) is 19.6 Å². The molecule has 0 spiro atoms. The molecule has 47 heavy (non-hydrogen) atoms. The first-order valence-corrected chi connectivity index (χ1v) is 20.3. The van der Waals surface area contributed by atoms with E-state index in [1.807, 2.05) is 26.8 Å². The Morgan fingerprint density at radius 2 is 1.72 bits per heavy atom. The number of ether oxygens (including phenoxy) is 6. The van der Waals surface area contributed by atoms with Crippen molar-refractivity contribution in [1.29, 1.82) is 0 Å². The van der Waals surface area contributed by atoms with Crippen molar-refractivity contribution < 1.29 is 48.2 Å². The number of carbonyl (C=O) groups is 2. The van der Waals surface area contributed by atoms with Gasteiger partial charge in [0.15, 0.2) is 12.6 Å². The summed E-state index contributed by atoms with van der Waals surface area (Å²) >= 11 is 0. The number of benzene rings is 2. The van der Waals surface area contributed by atoms with Gasteiger partial charge in [0, 0.05) is 21.3 Å². The maximum Gasteiger partial charge on any atom is 0.339 e. The Labute approximate surface area is 280 Å². The summed E-state index contributed by atoms with van der Waals surface area (Å²) < 4.78 is 35.6. The first-order valence-electron chi connectivity index (χ1n) is 16.5. The van der Waals surface area contributed by atoms with Crippen LogP contribution in [0.25, 0.3) is 0 Å². The first-order chi connectivity index (χ1) is 22.1. The SMILES string of the molecule is COCOc1cc(OCC[Si](C)(C)C)cc(CCC[C@H]2OC(C)(C)OC2C(CC[C@@H](C)C(C)O)OC(=O)c2ccccc2)c1C(=O)O. The Balaban J connectivity index is 1.83. The zero-order valence-electron chi connectivity index (χ0n) is 29.2. The van der Waals surface area contributed by atoms with Gasteiger partial charge < -0.3 is 38.6 Å². The van der Waals surface area contributed by atoms with Gasteiger partial charge in [0.05, 0.1) is 24.4 Å². The molecule has 0 radical (unpaired) electrons. The van der Waals surface area contributed by atoms with Crippen molar-refractivity contribution in [3.05, 3.63) is 59.2 Å². The highest BCUT2D eigenvalue weighted by Gasteiger charge is 2.46. The number of carboxylic acid groups (broad SMARTS) is 1. The molecule has 1 fully saturated rings. The van der Waals surface area contributed by atoms with Gasteiger partial charge in [-0.15, -0.1) is 0 Å². The molecule has 2 aromatic carbocycles. The van der Waals surface area contributed by atoms with Crippen molar-refractivity contribution in [3.8, 4) is 11.5 Å². The highest BCUT2D eigenvalue weighted by Crippen LogP contribution is 2.37. The van der Waals surface area contributed by atoms with E-state index in [0.29, 0.717) is 55.6 Å². The second-order valence-electron chi connectivity index (χ2n) is 14.1. The fourth-order valence-electron chi connectivity index (χ4n) is 5.51. The van der Waals surface area contributed by atoms with Gasteiger partial charge in [-0.05, 0) is 88.6 Å². The molecule has 2 N–H and O–H groups in total. The smallest absolute Gasteiger partial charge is 0.339 e. The highest BCUT2D eigenvalue weighted by atomic mass is 28.3. The summed E-state index contributed by atoms with van der Waals surface area (Å²) in [7, 11) is 0.139. The van der Waals surface area contributed by atoms with E-state index in [-0.39, 0.29) is 24.0 Å². The Morgan fingerprint density at radius 3 is 2.34 bits per heavy atom. The van der Waals surface area contributed by atoms with Crippen LogP contribution in [-0.4, -0.2) is 80.9 Å². The third kappa shape index (κ3) is 12.2. The summed E-state index contributed by atoms with van der Waals surface area (Å²) in [5.41, 5.74) is 1.10. The molecule has 1 heterocycles. The lowest BCUT2D eigenvalue weighted by molar-refractivity contribution is -0.156. The summed E-state index contributed by atoms with van der Waals surface area (Å²) in [5, 5.41) is 20.3. The molecule has 262 valence electrons. The van der Waals surface area contributed by atoms with E-state index in [9.17, 15) is 19.8 Å². The third-order valence-corrected chi connectivity index (χ3v) is 10.0. The van der Waals surface area contributed by atoms with Gasteiger partial charge in [0.2, 0.25) is 0 Å². The molecule has 10 nitrogen and oxygen atoms in total. The van der Waals surface area contributed by atoms with Crippen molar-refractivity contribution in [1.82, 2.24) is 0 Å². The van der Waals surface area contributed by atoms with Gasteiger partial charge in [0.1, 0.15) is 29.3 Å². The maximum atomic E-state index is 13.2. The van der Waals surface area contributed by atoms with E-state index in [0.717, 1.165) is 6.04 Å². The van der Waals surface area contributed by atoms with E-state index < -0.39 is 50.2 Å². The molecule has 0 saturated carbocycles. The Hall–Kier alpha value is -2.96. The molecule has 3 unspecified atom stereocenters. The van der Waals surface area contributed by atoms with Crippen LogP contribution in [0.15, 0.2) is 42.5 Å². The molecule has 11 heteroatoms. The molecule has 5 atom stereocenters. The Morgan fingerprint density at radius 1 is 1.02 bits per heavy atom. The van der Waals surface area contributed by atoms with E-state index in [1.54, 1.807) is 43.3 Å². The van der Waals surface area contributed by atoms with E-state index in [1.165, 1.54) is 7.11 Å². The van der Waals surface area contributed by atoms with Crippen LogP contribution in [0, 0.1) is 5.92 Å². The van der Waals surface area contributed by atoms with Crippen LogP contribution in [-0.2, 0) is 25.4 Å². The quantitative estimate of drug-likeness (QED) is 0.0917. The minimum absolute atomic E-state index is 0.00842. The van der Waals surface area contributed by atoms with Crippen LogP contribution >= 0.6 is 0 Å². The summed E-state index contributed by atoms with van der Waals surface area (Å²) in [6.45, 7) is 14.6. The molecule has 0 aromatic heterocycles. The summed E-state index contributed by atoms with van der Waals surface area (Å²) in [6.07, 6.45) is 0.479. The van der Waals surface area contributed by atoms with Crippen molar-refractivity contribution in [3.63, 3.8) is 0 Å². The summed E-state index contributed by atoms with van der Waals surface area (Å²) in [4.78, 5) is 25.6. The third-order valence-electron chi connectivity index (χ3n) is 8.34. The zero-order valence-corrected chi connectivity index (χ0v) is 30.2. The standard InChI is InChI=1S/C36H54O10Si/c1-24(25(2)37)17-18-29(44-35(40)26-13-10-9-11-14-26)33-30(45-36(3,4)46-33)16-12-15-27-21-28(42-19-20-47(6,7)8)22-31(43-23-41-5)32(27)34(38)39/h9-11,13-14,21-22,24-25,29-30,33,37H,12,15-20,23H2,1-8H3,(H,38,39)/t24-,25?,29?,30-,33?/m1/s1. The molecule has 3 rings (SSSR count). The van der Waals surface area contributed by atoms with Crippen LogP contribution < -0.4 is 9.47 Å². The molecule has 2 aromatic rings. The van der Waals surface area contributed by atoms with Crippen molar-refractivity contribution in [2.75, 3.05) is 20.5 Å². The summed E-state index contributed by atoms with van der Waals surface area (Å²) in [5.74, 6) is -1.73. The molecule has 1 saturated heterocycles. The predicted molar refractivity (Wildman–Crippen MR) is 182 cm³/mol. The number of esters is 1. The normalized spacial score (nSPS) is 19.5. The Bertz CT molecular complexity index is 1290. The number of aryl methyl sites for hydroxylation is 1. The van der Waals surface area contributed by atoms with Crippen LogP contribution in [0.4, 0.5) is 0 Å². The van der Waals surface area contributed by atoms with E-state index in [4.69, 9.17) is 28.4 Å². The minimum Gasteiger partial charge on any atom is -0.494 e. The minimum atomic E-state index is -1.34. The van der Waals surface area contributed by atoms with Crippen molar-refractivity contribution in [2.45, 2.75) is 116 Å². The monoisotopic (exact) mass is 674 g/mol. The fourth-order valence-corrected chi connectivity index (χ4v) is 6.23. The molecular weight excluding hydrogens is 620 g/mol. The van der Waals surface area contributed by atoms with Crippen LogP contribution in [0.5, 0.6) is 11.5 Å².